The molecule has 174 valence electrons. The van der Waals surface area contributed by atoms with Crippen LogP contribution in [0, 0.1) is 0 Å². The fourth-order valence-corrected chi connectivity index (χ4v) is 5.10. The van der Waals surface area contributed by atoms with Crippen LogP contribution in [-0.4, -0.2) is 39.9 Å². The van der Waals surface area contributed by atoms with Gasteiger partial charge in [0.2, 0.25) is 0 Å². The second kappa shape index (κ2) is 9.35. The van der Waals surface area contributed by atoms with Crippen molar-refractivity contribution in [3.8, 4) is 11.3 Å². The first-order valence-electron chi connectivity index (χ1n) is 12.3. The Kier molecular flexibility index (Phi) is 5.76. The summed E-state index contributed by atoms with van der Waals surface area (Å²) in [4.78, 5) is 24.2. The van der Waals surface area contributed by atoms with E-state index in [1.54, 1.807) is 0 Å². The molecule has 3 heterocycles. The second-order valence-electron chi connectivity index (χ2n) is 9.32. The van der Waals surface area contributed by atoms with Crippen LogP contribution in [0.3, 0.4) is 0 Å². The molecular formula is C30H28N4O. The number of likely N-dealkylation sites (tertiary alicyclic amines) is 1. The van der Waals surface area contributed by atoms with Gasteiger partial charge in [0.1, 0.15) is 5.69 Å². The van der Waals surface area contributed by atoms with E-state index in [-0.39, 0.29) is 11.9 Å². The van der Waals surface area contributed by atoms with Crippen LogP contribution >= 0.6 is 0 Å². The predicted molar refractivity (Wildman–Crippen MR) is 141 cm³/mol. The molecule has 0 bridgehead atoms. The Labute approximate surface area is 204 Å². The maximum Gasteiger partial charge on any atom is 0.270 e. The van der Waals surface area contributed by atoms with E-state index in [0.29, 0.717) is 5.69 Å². The molecular weight excluding hydrogens is 432 g/mol. The molecule has 2 N–H and O–H groups in total. The molecule has 5 aromatic rings. The number of carbonyl (C=O) groups is 1. The van der Waals surface area contributed by atoms with Gasteiger partial charge in [0.05, 0.1) is 11.2 Å². The Bertz CT molecular complexity index is 1470. The van der Waals surface area contributed by atoms with E-state index in [0.717, 1.165) is 65.5 Å². The van der Waals surface area contributed by atoms with E-state index >= 15 is 0 Å². The van der Waals surface area contributed by atoms with Gasteiger partial charge in [-0.3, -0.25) is 9.69 Å². The molecule has 2 aromatic heterocycles. The number of aromatic nitrogens is 2. The Hall–Kier alpha value is -3.96. The number of amides is 1. The minimum absolute atomic E-state index is 0.101. The number of fused-ring (bicyclic) bond motifs is 3. The van der Waals surface area contributed by atoms with Crippen molar-refractivity contribution in [3.63, 3.8) is 0 Å². The van der Waals surface area contributed by atoms with E-state index in [9.17, 15) is 4.79 Å². The first kappa shape index (κ1) is 21.6. The number of carbonyl (C=O) groups excluding carboxylic acids is 1. The van der Waals surface area contributed by atoms with Crippen LogP contribution in [0.15, 0.2) is 91.0 Å². The summed E-state index contributed by atoms with van der Waals surface area (Å²) < 4.78 is 0. The number of aromatic amines is 1. The van der Waals surface area contributed by atoms with Crippen molar-refractivity contribution in [2.75, 3.05) is 13.1 Å². The summed E-state index contributed by atoms with van der Waals surface area (Å²) in [6.45, 7) is 2.91. The number of piperidine rings is 1. The Balaban J connectivity index is 1.24. The van der Waals surface area contributed by atoms with Gasteiger partial charge in [-0.05, 0) is 30.5 Å². The van der Waals surface area contributed by atoms with Gasteiger partial charge in [0.25, 0.3) is 5.91 Å². The Morgan fingerprint density at radius 2 is 1.57 bits per heavy atom. The fraction of sp³-hybridized carbons (Fsp3) is 0.200. The number of pyridine rings is 1. The number of hydrogen-bond donors (Lipinski definition) is 2. The topological polar surface area (TPSA) is 61.0 Å². The lowest BCUT2D eigenvalue weighted by Gasteiger charge is -2.32. The molecule has 0 aliphatic carbocycles. The van der Waals surface area contributed by atoms with Crippen LogP contribution in [-0.2, 0) is 6.54 Å². The molecule has 1 fully saturated rings. The summed E-state index contributed by atoms with van der Waals surface area (Å²) >= 11 is 0. The normalized spacial score (nSPS) is 15.0. The minimum atomic E-state index is -0.101. The molecule has 3 aromatic carbocycles. The largest absolute Gasteiger partial charge is 0.353 e. The van der Waals surface area contributed by atoms with Crippen LogP contribution in [0.4, 0.5) is 0 Å². The quantitative estimate of drug-likeness (QED) is 0.350. The van der Waals surface area contributed by atoms with Gasteiger partial charge in [-0.15, -0.1) is 0 Å². The number of para-hydroxylation sites is 1. The molecule has 1 aliphatic heterocycles. The van der Waals surface area contributed by atoms with Gasteiger partial charge in [-0.2, -0.15) is 0 Å². The molecule has 5 heteroatoms. The van der Waals surface area contributed by atoms with Gasteiger partial charge in [-0.25, -0.2) is 4.98 Å². The van der Waals surface area contributed by atoms with Gasteiger partial charge in [-0.1, -0.05) is 78.9 Å². The highest BCUT2D eigenvalue weighted by Gasteiger charge is 2.23. The van der Waals surface area contributed by atoms with Crippen LogP contribution in [0.1, 0.15) is 28.9 Å². The van der Waals surface area contributed by atoms with Gasteiger partial charge in [0, 0.05) is 47.5 Å². The van der Waals surface area contributed by atoms with Crippen LogP contribution in [0.5, 0.6) is 0 Å². The third-order valence-electron chi connectivity index (χ3n) is 6.95. The maximum atomic E-state index is 13.4. The zero-order chi connectivity index (χ0) is 23.6. The van der Waals surface area contributed by atoms with Crippen molar-refractivity contribution in [3.05, 3.63) is 102 Å². The summed E-state index contributed by atoms with van der Waals surface area (Å²) in [5.74, 6) is -0.101. The number of nitrogens with zero attached hydrogens (tertiary/aromatic N) is 2. The van der Waals surface area contributed by atoms with E-state index in [2.05, 4.69) is 57.7 Å². The van der Waals surface area contributed by atoms with Crippen molar-refractivity contribution in [1.82, 2.24) is 20.2 Å². The van der Waals surface area contributed by atoms with E-state index < -0.39 is 0 Å². The van der Waals surface area contributed by atoms with Crippen molar-refractivity contribution >= 4 is 27.7 Å². The number of nitrogens with one attached hydrogen (secondary N) is 2. The average molecular weight is 461 g/mol. The lowest BCUT2D eigenvalue weighted by molar-refractivity contribution is 0.0904. The highest BCUT2D eigenvalue weighted by Crippen LogP contribution is 2.32. The third kappa shape index (κ3) is 4.43. The molecule has 5 nitrogen and oxygen atoms in total. The lowest BCUT2D eigenvalue weighted by atomic mass is 10.0. The first-order valence-corrected chi connectivity index (χ1v) is 12.3. The molecule has 0 radical (unpaired) electrons. The van der Waals surface area contributed by atoms with Crippen molar-refractivity contribution in [1.29, 1.82) is 0 Å². The highest BCUT2D eigenvalue weighted by molar-refractivity contribution is 6.13. The molecule has 0 atom stereocenters. The number of benzene rings is 3. The molecule has 0 saturated carbocycles. The summed E-state index contributed by atoms with van der Waals surface area (Å²) in [6.07, 6.45) is 1.89. The van der Waals surface area contributed by atoms with Gasteiger partial charge in [0.15, 0.2) is 0 Å². The van der Waals surface area contributed by atoms with E-state index in [1.807, 2.05) is 48.5 Å². The predicted octanol–water partition coefficient (Wildman–Crippen LogP) is 5.78. The fourth-order valence-electron chi connectivity index (χ4n) is 5.10. The van der Waals surface area contributed by atoms with Crippen LogP contribution in [0.25, 0.3) is 33.1 Å². The lowest BCUT2D eigenvalue weighted by Crippen LogP contribution is -2.44. The van der Waals surface area contributed by atoms with Crippen LogP contribution < -0.4 is 5.32 Å². The van der Waals surface area contributed by atoms with Crippen LogP contribution in [0.2, 0.25) is 0 Å². The number of rotatable bonds is 5. The molecule has 35 heavy (non-hydrogen) atoms. The molecule has 1 aliphatic rings. The third-order valence-corrected chi connectivity index (χ3v) is 6.95. The smallest absolute Gasteiger partial charge is 0.270 e. The summed E-state index contributed by atoms with van der Waals surface area (Å²) in [5.41, 5.74) is 5.61. The molecule has 1 amide bonds. The summed E-state index contributed by atoms with van der Waals surface area (Å²) in [5, 5.41) is 5.39. The van der Waals surface area contributed by atoms with Crippen molar-refractivity contribution < 1.29 is 4.79 Å². The zero-order valence-electron chi connectivity index (χ0n) is 19.6. The molecule has 1 saturated heterocycles. The molecule has 6 rings (SSSR count). The standard InChI is InChI=1S/C30H28N4O/c35-30(31-23-15-17-34(18-16-23)20-21-9-3-1-4-10-21)27-19-25-24-13-7-8-14-26(24)32-29(25)28(33-27)22-11-5-2-6-12-22/h1-14,19,23,32H,15-18,20H2,(H,31,35). The summed E-state index contributed by atoms with van der Waals surface area (Å²) in [7, 11) is 0. The Morgan fingerprint density at radius 3 is 2.34 bits per heavy atom. The minimum Gasteiger partial charge on any atom is -0.353 e. The van der Waals surface area contributed by atoms with E-state index in [4.69, 9.17) is 4.98 Å². The highest BCUT2D eigenvalue weighted by atomic mass is 16.1. The number of H-pyrrole nitrogens is 1. The number of hydrogen-bond acceptors (Lipinski definition) is 3. The molecule has 0 spiro atoms. The second-order valence-corrected chi connectivity index (χ2v) is 9.32. The zero-order valence-corrected chi connectivity index (χ0v) is 19.6. The Morgan fingerprint density at radius 1 is 0.886 bits per heavy atom. The average Bonchev–Trinajstić information content (AvgIpc) is 3.29. The van der Waals surface area contributed by atoms with Crippen molar-refractivity contribution in [2.24, 2.45) is 0 Å². The van der Waals surface area contributed by atoms with Gasteiger partial charge >= 0.3 is 0 Å². The monoisotopic (exact) mass is 460 g/mol. The molecule has 0 unspecified atom stereocenters. The first-order chi connectivity index (χ1) is 17.2. The summed E-state index contributed by atoms with van der Waals surface area (Å²) in [6, 6.07) is 30.9. The van der Waals surface area contributed by atoms with E-state index in [1.165, 1.54) is 5.56 Å². The van der Waals surface area contributed by atoms with Crippen molar-refractivity contribution in [2.45, 2.75) is 25.4 Å². The van der Waals surface area contributed by atoms with Gasteiger partial charge < -0.3 is 10.3 Å². The SMILES string of the molecule is O=C(NC1CCN(Cc2ccccc2)CC1)c1cc2c([nH]c3ccccc32)c(-c2ccccc2)n1. The maximum absolute atomic E-state index is 13.4.